The molecule has 0 fully saturated rings. The molecule has 0 atom stereocenters. The predicted molar refractivity (Wildman–Crippen MR) is 80.7 cm³/mol. The number of halogens is 4. The number of hydrogen-bond donors (Lipinski definition) is 2. The fraction of sp³-hybridized carbons (Fsp3) is 0.250. The smallest absolute Gasteiger partial charge is 0.336 e. The number of carbonyl (C=O) groups is 1. The molecule has 1 aromatic carbocycles. The van der Waals surface area contributed by atoms with E-state index in [1.807, 2.05) is 0 Å². The maximum atomic E-state index is 12.7. The molecule has 23 heavy (non-hydrogen) atoms. The molecule has 0 aliphatic carbocycles. The Morgan fingerprint density at radius 2 is 2.13 bits per heavy atom. The van der Waals surface area contributed by atoms with Crippen LogP contribution in [-0.4, -0.2) is 26.5 Å². The van der Waals surface area contributed by atoms with Gasteiger partial charge in [0.25, 0.3) is 0 Å². The second kappa shape index (κ2) is 6.67. The first-order valence-corrected chi connectivity index (χ1v) is 7.51. The Labute approximate surface area is 138 Å². The first kappa shape index (κ1) is 17.4. The molecule has 3 N–H and O–H groups in total. The average Bonchev–Trinajstić information content (AvgIpc) is 2.77. The molecule has 1 amide bonds. The number of carbonyl (C=O) groups excluding carboxylic acids is 1. The molecule has 2 rings (SSSR count). The third-order valence-electron chi connectivity index (χ3n) is 2.72. The van der Waals surface area contributed by atoms with Crippen molar-refractivity contribution in [2.24, 2.45) is 0 Å². The molecule has 0 spiro atoms. The second-order valence-corrected chi connectivity index (χ2v) is 5.78. The number of rotatable bonds is 4. The van der Waals surface area contributed by atoms with E-state index in [0.29, 0.717) is 11.0 Å². The van der Waals surface area contributed by atoms with Crippen LogP contribution in [0.4, 0.5) is 18.9 Å². The summed E-state index contributed by atoms with van der Waals surface area (Å²) in [5.74, 6) is 5.51. The van der Waals surface area contributed by atoms with E-state index in [9.17, 15) is 18.0 Å². The molecular formula is C12H11ClF3N5OS. The van der Waals surface area contributed by atoms with Gasteiger partial charge in [-0.3, -0.25) is 4.79 Å². The van der Waals surface area contributed by atoms with Crippen LogP contribution in [0.25, 0.3) is 0 Å². The van der Waals surface area contributed by atoms with E-state index in [2.05, 4.69) is 15.5 Å². The summed E-state index contributed by atoms with van der Waals surface area (Å²) < 4.78 is 39.5. The monoisotopic (exact) mass is 365 g/mol. The number of alkyl halides is 3. The molecule has 0 radical (unpaired) electrons. The summed E-state index contributed by atoms with van der Waals surface area (Å²) in [6, 6.07) is 3.14. The summed E-state index contributed by atoms with van der Waals surface area (Å²) in [6.45, 7) is 1.64. The van der Waals surface area contributed by atoms with Crippen LogP contribution in [0.3, 0.4) is 0 Å². The zero-order valence-electron chi connectivity index (χ0n) is 11.7. The fourth-order valence-electron chi connectivity index (χ4n) is 1.60. The number of aromatic nitrogens is 3. The number of aryl methyl sites for hydroxylation is 1. The van der Waals surface area contributed by atoms with Gasteiger partial charge in [0.1, 0.15) is 5.82 Å². The number of thioether (sulfide) groups is 1. The highest BCUT2D eigenvalue weighted by atomic mass is 35.5. The molecule has 0 bridgehead atoms. The predicted octanol–water partition coefficient (Wildman–Crippen LogP) is 2.70. The van der Waals surface area contributed by atoms with Crippen molar-refractivity contribution in [2.75, 3.05) is 16.9 Å². The van der Waals surface area contributed by atoms with Crippen molar-refractivity contribution >= 4 is 35.0 Å². The first-order valence-electron chi connectivity index (χ1n) is 6.15. The van der Waals surface area contributed by atoms with Crippen molar-refractivity contribution in [3.05, 3.63) is 34.6 Å². The number of nitrogen functional groups attached to an aromatic ring is 1. The van der Waals surface area contributed by atoms with Crippen LogP contribution in [0.2, 0.25) is 5.02 Å². The van der Waals surface area contributed by atoms with Gasteiger partial charge in [0.15, 0.2) is 0 Å². The van der Waals surface area contributed by atoms with E-state index in [0.717, 1.165) is 23.9 Å². The van der Waals surface area contributed by atoms with E-state index >= 15 is 0 Å². The van der Waals surface area contributed by atoms with Gasteiger partial charge in [0, 0.05) is 5.69 Å². The molecule has 0 unspecified atom stereocenters. The second-order valence-electron chi connectivity index (χ2n) is 4.43. The Bertz CT molecular complexity index is 734. The zero-order valence-corrected chi connectivity index (χ0v) is 13.3. The van der Waals surface area contributed by atoms with Crippen LogP contribution in [0.1, 0.15) is 11.4 Å². The van der Waals surface area contributed by atoms with Gasteiger partial charge in [-0.15, -0.1) is 10.2 Å². The van der Waals surface area contributed by atoms with Gasteiger partial charge in [-0.1, -0.05) is 23.4 Å². The highest BCUT2D eigenvalue weighted by molar-refractivity contribution is 7.99. The van der Waals surface area contributed by atoms with Crippen LogP contribution in [0.5, 0.6) is 0 Å². The maximum Gasteiger partial charge on any atom is 0.417 e. The van der Waals surface area contributed by atoms with Crippen molar-refractivity contribution in [1.82, 2.24) is 14.9 Å². The SMILES string of the molecule is Cc1nnc(SCC(=O)Nc2ccc(Cl)c(C(F)(F)F)c2)n1N. The minimum absolute atomic E-state index is 0.00211. The highest BCUT2D eigenvalue weighted by Crippen LogP contribution is 2.36. The number of nitrogens with zero attached hydrogens (tertiary/aromatic N) is 3. The summed E-state index contributed by atoms with van der Waals surface area (Å²) in [5, 5.41) is 9.73. The van der Waals surface area contributed by atoms with Crippen LogP contribution in [0, 0.1) is 6.92 Å². The zero-order chi connectivity index (χ0) is 17.2. The van der Waals surface area contributed by atoms with Crippen molar-refractivity contribution < 1.29 is 18.0 Å². The number of nitrogens with one attached hydrogen (secondary N) is 1. The molecule has 0 aliphatic heterocycles. The van der Waals surface area contributed by atoms with Crippen LogP contribution in [0.15, 0.2) is 23.4 Å². The van der Waals surface area contributed by atoms with E-state index in [-0.39, 0.29) is 11.4 Å². The molecule has 1 aromatic heterocycles. The number of hydrogen-bond acceptors (Lipinski definition) is 5. The Hall–Kier alpha value is -1.94. The fourth-order valence-corrected chi connectivity index (χ4v) is 2.52. The average molecular weight is 366 g/mol. The summed E-state index contributed by atoms with van der Waals surface area (Å²) in [4.78, 5) is 11.8. The maximum absolute atomic E-state index is 12.7. The van der Waals surface area contributed by atoms with E-state index in [1.54, 1.807) is 6.92 Å². The van der Waals surface area contributed by atoms with Gasteiger partial charge in [-0.05, 0) is 25.1 Å². The van der Waals surface area contributed by atoms with Gasteiger partial charge in [-0.2, -0.15) is 13.2 Å². The number of nitrogens with two attached hydrogens (primary N) is 1. The molecule has 11 heteroatoms. The minimum atomic E-state index is -4.60. The quantitative estimate of drug-likeness (QED) is 0.642. The van der Waals surface area contributed by atoms with Gasteiger partial charge >= 0.3 is 6.18 Å². The lowest BCUT2D eigenvalue weighted by molar-refractivity contribution is -0.137. The molecule has 2 aromatic rings. The molecule has 0 saturated carbocycles. The Balaban J connectivity index is 2.02. The van der Waals surface area contributed by atoms with Crippen molar-refractivity contribution in [1.29, 1.82) is 0 Å². The first-order chi connectivity index (χ1) is 10.7. The number of anilines is 1. The van der Waals surface area contributed by atoms with E-state index in [1.165, 1.54) is 10.7 Å². The number of amides is 1. The van der Waals surface area contributed by atoms with Gasteiger partial charge in [0.2, 0.25) is 11.1 Å². The molecule has 6 nitrogen and oxygen atoms in total. The highest BCUT2D eigenvalue weighted by Gasteiger charge is 2.33. The van der Waals surface area contributed by atoms with Crippen LogP contribution in [-0.2, 0) is 11.0 Å². The standard InChI is InChI=1S/C12H11ClF3N5OS/c1-6-19-20-11(21(6)17)23-5-10(22)18-7-2-3-9(13)8(4-7)12(14,15)16/h2-4H,5,17H2,1H3,(H,18,22). The lowest BCUT2D eigenvalue weighted by Gasteiger charge is -2.11. The molecule has 0 aliphatic rings. The van der Waals surface area contributed by atoms with E-state index < -0.39 is 22.7 Å². The van der Waals surface area contributed by atoms with Crippen LogP contribution < -0.4 is 11.2 Å². The Morgan fingerprint density at radius 1 is 1.43 bits per heavy atom. The topological polar surface area (TPSA) is 85.8 Å². The Kier molecular flexibility index (Phi) is 5.05. The van der Waals surface area contributed by atoms with Gasteiger partial charge < -0.3 is 11.2 Å². The van der Waals surface area contributed by atoms with Gasteiger partial charge in [0.05, 0.1) is 16.3 Å². The largest absolute Gasteiger partial charge is 0.417 e. The molecule has 0 saturated heterocycles. The summed E-state index contributed by atoms with van der Waals surface area (Å²) in [5.41, 5.74) is -1.01. The minimum Gasteiger partial charge on any atom is -0.336 e. The van der Waals surface area contributed by atoms with Crippen molar-refractivity contribution in [3.8, 4) is 0 Å². The normalized spacial score (nSPS) is 11.5. The van der Waals surface area contributed by atoms with Crippen LogP contribution >= 0.6 is 23.4 Å². The van der Waals surface area contributed by atoms with Gasteiger partial charge in [-0.25, -0.2) is 4.68 Å². The summed E-state index contributed by atoms with van der Waals surface area (Å²) >= 11 is 6.52. The Morgan fingerprint density at radius 3 is 2.70 bits per heavy atom. The summed E-state index contributed by atoms with van der Waals surface area (Å²) in [7, 11) is 0. The van der Waals surface area contributed by atoms with Crippen molar-refractivity contribution in [3.63, 3.8) is 0 Å². The summed E-state index contributed by atoms with van der Waals surface area (Å²) in [6.07, 6.45) is -4.60. The third-order valence-corrected chi connectivity index (χ3v) is 4.00. The molecule has 124 valence electrons. The molecular weight excluding hydrogens is 355 g/mol. The third kappa shape index (κ3) is 4.29. The number of benzene rings is 1. The van der Waals surface area contributed by atoms with E-state index in [4.69, 9.17) is 17.4 Å². The molecule has 1 heterocycles. The lowest BCUT2D eigenvalue weighted by atomic mass is 10.2. The van der Waals surface area contributed by atoms with Crippen molar-refractivity contribution in [2.45, 2.75) is 18.3 Å². The lowest BCUT2D eigenvalue weighted by Crippen LogP contribution is -2.17.